The van der Waals surface area contributed by atoms with Crippen LogP contribution in [0.1, 0.15) is 25.8 Å². The number of nitrogens with zero attached hydrogens (tertiary/aromatic N) is 3. The van der Waals surface area contributed by atoms with Gasteiger partial charge in [0.2, 0.25) is 11.1 Å². The first-order valence-corrected chi connectivity index (χ1v) is 8.34. The van der Waals surface area contributed by atoms with Crippen molar-refractivity contribution < 1.29 is 0 Å². The van der Waals surface area contributed by atoms with Crippen LogP contribution in [0, 0.1) is 11.8 Å². The van der Waals surface area contributed by atoms with Crippen LogP contribution >= 0.6 is 11.5 Å². The Kier molecular flexibility index (Phi) is 4.39. The van der Waals surface area contributed by atoms with E-state index in [-0.39, 0.29) is 0 Å². The van der Waals surface area contributed by atoms with E-state index in [1.54, 1.807) is 0 Å². The maximum atomic E-state index is 4.64. The lowest BCUT2D eigenvalue weighted by Gasteiger charge is -2.34. The second kappa shape index (κ2) is 6.43. The minimum Gasteiger partial charge on any atom is -0.349 e. The predicted molar refractivity (Wildman–Crippen MR) is 88.8 cm³/mol. The van der Waals surface area contributed by atoms with Crippen LogP contribution in [0.4, 0.5) is 11.1 Å². The lowest BCUT2D eigenvalue weighted by molar-refractivity contribution is 0.356. The summed E-state index contributed by atoms with van der Waals surface area (Å²) < 4.78 is 4.43. The molecule has 0 spiro atoms. The van der Waals surface area contributed by atoms with Gasteiger partial charge in [-0.2, -0.15) is 9.36 Å². The first-order valence-electron chi connectivity index (χ1n) is 7.57. The fraction of sp³-hybridized carbons (Fsp3) is 0.500. The van der Waals surface area contributed by atoms with Crippen LogP contribution in [-0.2, 0) is 6.54 Å². The quantitative estimate of drug-likeness (QED) is 0.936. The predicted octanol–water partition coefficient (Wildman–Crippen LogP) is 3.63. The number of benzene rings is 1. The van der Waals surface area contributed by atoms with E-state index >= 15 is 0 Å². The molecule has 5 heteroatoms. The minimum atomic E-state index is 0.735. The van der Waals surface area contributed by atoms with Crippen LogP contribution in [0.5, 0.6) is 0 Å². The van der Waals surface area contributed by atoms with Gasteiger partial charge in [-0.05, 0) is 23.8 Å². The topological polar surface area (TPSA) is 41.1 Å². The van der Waals surface area contributed by atoms with Crippen molar-refractivity contribution in [2.75, 3.05) is 23.3 Å². The van der Waals surface area contributed by atoms with Gasteiger partial charge in [-0.3, -0.25) is 0 Å². The molecule has 2 atom stereocenters. The third-order valence-corrected chi connectivity index (χ3v) is 4.63. The summed E-state index contributed by atoms with van der Waals surface area (Å²) in [6.07, 6.45) is 1.31. The summed E-state index contributed by atoms with van der Waals surface area (Å²) in [7, 11) is 0. The number of piperidine rings is 1. The van der Waals surface area contributed by atoms with Crippen LogP contribution in [-0.4, -0.2) is 22.4 Å². The number of hydrogen-bond acceptors (Lipinski definition) is 5. The number of nitrogens with one attached hydrogen (secondary N) is 1. The van der Waals surface area contributed by atoms with Crippen molar-refractivity contribution in [3.8, 4) is 0 Å². The Balaban J connectivity index is 1.61. The highest BCUT2D eigenvalue weighted by atomic mass is 32.1. The molecule has 1 aliphatic heterocycles. The summed E-state index contributed by atoms with van der Waals surface area (Å²) in [5, 5.41) is 4.35. The first-order chi connectivity index (χ1) is 10.2. The van der Waals surface area contributed by atoms with Crippen molar-refractivity contribution in [1.82, 2.24) is 9.36 Å². The van der Waals surface area contributed by atoms with Gasteiger partial charge in [0.15, 0.2) is 0 Å². The number of anilines is 2. The molecule has 1 aliphatic rings. The van der Waals surface area contributed by atoms with E-state index in [4.69, 9.17) is 0 Å². The van der Waals surface area contributed by atoms with Crippen LogP contribution < -0.4 is 10.2 Å². The van der Waals surface area contributed by atoms with Gasteiger partial charge in [-0.25, -0.2) is 0 Å². The van der Waals surface area contributed by atoms with Crippen molar-refractivity contribution in [2.45, 2.75) is 26.8 Å². The molecule has 0 aliphatic carbocycles. The first kappa shape index (κ1) is 14.3. The Morgan fingerprint density at radius 3 is 2.62 bits per heavy atom. The molecule has 1 N–H and O–H groups in total. The molecule has 2 unspecified atom stereocenters. The average Bonchev–Trinajstić information content (AvgIpc) is 2.94. The van der Waals surface area contributed by atoms with E-state index in [1.165, 1.54) is 23.5 Å². The van der Waals surface area contributed by atoms with Crippen molar-refractivity contribution in [3.63, 3.8) is 0 Å². The molecule has 1 aromatic heterocycles. The smallest absolute Gasteiger partial charge is 0.236 e. The Morgan fingerprint density at radius 1 is 1.19 bits per heavy atom. The maximum Gasteiger partial charge on any atom is 0.236 e. The molecule has 2 heterocycles. The molecular formula is C16H22N4S. The average molecular weight is 302 g/mol. The zero-order chi connectivity index (χ0) is 14.7. The minimum absolute atomic E-state index is 0.735. The van der Waals surface area contributed by atoms with Crippen LogP contribution in [0.15, 0.2) is 30.3 Å². The second-order valence-corrected chi connectivity index (χ2v) is 6.82. The second-order valence-electron chi connectivity index (χ2n) is 6.09. The van der Waals surface area contributed by atoms with Crippen molar-refractivity contribution in [3.05, 3.63) is 35.9 Å². The van der Waals surface area contributed by atoms with Crippen molar-refractivity contribution in [2.24, 2.45) is 11.8 Å². The standard InChI is InChI=1S/C16H22N4S/c1-12-8-13(2)11-20(10-12)16-18-15(19-21-16)17-9-14-6-4-3-5-7-14/h3-7,12-13H,8-11H2,1-2H3,(H,17,19). The van der Waals surface area contributed by atoms with E-state index < -0.39 is 0 Å². The normalized spacial score (nSPS) is 22.3. The van der Waals surface area contributed by atoms with Crippen LogP contribution in [0.3, 0.4) is 0 Å². The lowest BCUT2D eigenvalue weighted by Crippen LogP contribution is -2.38. The molecule has 112 valence electrons. The third-order valence-electron chi connectivity index (χ3n) is 3.85. The summed E-state index contributed by atoms with van der Waals surface area (Å²) in [5.41, 5.74) is 1.24. The van der Waals surface area contributed by atoms with E-state index in [0.717, 1.165) is 42.5 Å². The van der Waals surface area contributed by atoms with E-state index in [2.05, 4.69) is 45.6 Å². The summed E-state index contributed by atoms with van der Waals surface area (Å²) in [6.45, 7) is 7.59. The molecule has 21 heavy (non-hydrogen) atoms. The Labute approximate surface area is 130 Å². The van der Waals surface area contributed by atoms with E-state index in [1.807, 2.05) is 18.2 Å². The molecule has 4 nitrogen and oxygen atoms in total. The van der Waals surface area contributed by atoms with Gasteiger partial charge in [0.05, 0.1) is 0 Å². The zero-order valence-corrected chi connectivity index (χ0v) is 13.4. The van der Waals surface area contributed by atoms with Gasteiger partial charge in [0.1, 0.15) is 0 Å². The monoisotopic (exact) mass is 302 g/mol. The Morgan fingerprint density at radius 2 is 1.90 bits per heavy atom. The van der Waals surface area contributed by atoms with Gasteiger partial charge in [0.25, 0.3) is 0 Å². The molecule has 3 rings (SSSR count). The fourth-order valence-electron chi connectivity index (χ4n) is 3.01. The van der Waals surface area contributed by atoms with Crippen LogP contribution in [0.25, 0.3) is 0 Å². The third kappa shape index (κ3) is 3.73. The Hall–Kier alpha value is -1.62. The summed E-state index contributed by atoms with van der Waals surface area (Å²) >= 11 is 1.50. The van der Waals surface area contributed by atoms with Gasteiger partial charge >= 0.3 is 0 Å². The summed E-state index contributed by atoms with van der Waals surface area (Å²) in [5.74, 6) is 2.21. The largest absolute Gasteiger partial charge is 0.349 e. The van der Waals surface area contributed by atoms with Crippen molar-refractivity contribution >= 4 is 22.6 Å². The molecule has 2 aromatic rings. The van der Waals surface area contributed by atoms with E-state index in [0.29, 0.717) is 0 Å². The molecule has 0 saturated carbocycles. The molecule has 0 bridgehead atoms. The summed E-state index contributed by atoms with van der Waals surface area (Å²) in [4.78, 5) is 7.02. The Bertz CT molecular complexity index is 559. The van der Waals surface area contributed by atoms with Gasteiger partial charge in [0, 0.05) is 31.2 Å². The molecule has 0 amide bonds. The number of rotatable bonds is 4. The van der Waals surface area contributed by atoms with Crippen LogP contribution in [0.2, 0.25) is 0 Å². The summed E-state index contributed by atoms with van der Waals surface area (Å²) in [6, 6.07) is 10.3. The van der Waals surface area contributed by atoms with E-state index in [9.17, 15) is 0 Å². The highest BCUT2D eigenvalue weighted by Gasteiger charge is 2.24. The molecule has 1 fully saturated rings. The molecule has 1 saturated heterocycles. The number of hydrogen-bond donors (Lipinski definition) is 1. The molecule has 0 radical (unpaired) electrons. The van der Waals surface area contributed by atoms with Gasteiger partial charge in [-0.1, -0.05) is 44.2 Å². The van der Waals surface area contributed by atoms with Gasteiger partial charge in [-0.15, -0.1) is 0 Å². The maximum absolute atomic E-state index is 4.64. The lowest BCUT2D eigenvalue weighted by atomic mass is 9.92. The van der Waals surface area contributed by atoms with Crippen molar-refractivity contribution in [1.29, 1.82) is 0 Å². The molecule has 1 aromatic carbocycles. The zero-order valence-electron chi connectivity index (χ0n) is 12.6. The number of aromatic nitrogens is 2. The highest BCUT2D eigenvalue weighted by molar-refractivity contribution is 7.09. The fourth-order valence-corrected chi connectivity index (χ4v) is 3.68. The highest BCUT2D eigenvalue weighted by Crippen LogP contribution is 2.28. The molecular weight excluding hydrogens is 280 g/mol. The van der Waals surface area contributed by atoms with Gasteiger partial charge < -0.3 is 10.2 Å². The SMILES string of the molecule is CC1CC(C)CN(c2nc(NCc3ccccc3)ns2)C1.